The molecule has 0 aliphatic carbocycles. The van der Waals surface area contributed by atoms with Crippen LogP contribution in [0.2, 0.25) is 10.0 Å². The highest BCUT2D eigenvalue weighted by molar-refractivity contribution is 6.35. The van der Waals surface area contributed by atoms with E-state index in [1.54, 1.807) is 31.2 Å². The van der Waals surface area contributed by atoms with Crippen LogP contribution in [0.3, 0.4) is 0 Å². The third kappa shape index (κ3) is 3.42. The molecule has 0 aliphatic rings. The molecular formula is C11H12Cl2O2. The average molecular weight is 247 g/mol. The minimum absolute atomic E-state index is 0.380. The van der Waals surface area contributed by atoms with Crippen molar-refractivity contribution < 1.29 is 9.84 Å². The summed E-state index contributed by atoms with van der Waals surface area (Å²) < 4.78 is 5.25. The van der Waals surface area contributed by atoms with Crippen molar-refractivity contribution >= 4 is 23.2 Å². The van der Waals surface area contributed by atoms with E-state index in [-0.39, 0.29) is 0 Å². The third-order valence-electron chi connectivity index (χ3n) is 1.98. The molecule has 1 aromatic rings. The van der Waals surface area contributed by atoms with Crippen LogP contribution in [-0.4, -0.2) is 11.4 Å². The second-order valence-electron chi connectivity index (χ2n) is 3.08. The van der Waals surface area contributed by atoms with Crippen LogP contribution in [0.15, 0.2) is 29.8 Å². The highest BCUT2D eigenvalue weighted by atomic mass is 35.5. The Hall–Kier alpha value is -0.700. The Morgan fingerprint density at radius 3 is 2.67 bits per heavy atom. The number of benzene rings is 1. The maximum absolute atomic E-state index is 9.58. The van der Waals surface area contributed by atoms with E-state index in [0.717, 1.165) is 5.57 Å². The second-order valence-corrected chi connectivity index (χ2v) is 3.92. The molecule has 1 aromatic carbocycles. The molecule has 4 heteroatoms. The molecule has 0 radical (unpaired) electrons. The summed E-state index contributed by atoms with van der Waals surface area (Å²) in [6, 6.07) is 4.84. The normalized spacial score (nSPS) is 13.8. The monoisotopic (exact) mass is 246 g/mol. The maximum atomic E-state index is 9.58. The van der Waals surface area contributed by atoms with Gasteiger partial charge in [0.1, 0.15) is 5.75 Å². The van der Waals surface area contributed by atoms with Crippen molar-refractivity contribution in [1.82, 2.24) is 0 Å². The number of halogens is 2. The molecule has 0 fully saturated rings. The molecule has 0 aliphatic heterocycles. The van der Waals surface area contributed by atoms with Crippen molar-refractivity contribution in [2.45, 2.75) is 20.1 Å². The van der Waals surface area contributed by atoms with Crippen molar-refractivity contribution in [2.75, 3.05) is 0 Å². The summed E-state index contributed by atoms with van der Waals surface area (Å²) in [4.78, 5) is 0. The third-order valence-corrected chi connectivity index (χ3v) is 2.51. The Labute approximate surface area is 99.1 Å². The lowest BCUT2D eigenvalue weighted by atomic mass is 10.3. The Morgan fingerprint density at radius 1 is 1.47 bits per heavy atom. The van der Waals surface area contributed by atoms with Gasteiger partial charge in [-0.3, -0.25) is 0 Å². The van der Waals surface area contributed by atoms with E-state index in [0.29, 0.717) is 15.8 Å². The topological polar surface area (TPSA) is 29.5 Å². The van der Waals surface area contributed by atoms with Crippen molar-refractivity contribution in [2.24, 2.45) is 0 Å². The molecule has 0 heterocycles. The van der Waals surface area contributed by atoms with Crippen molar-refractivity contribution in [3.8, 4) is 5.75 Å². The highest BCUT2D eigenvalue weighted by Gasteiger charge is 2.10. The molecule has 1 unspecified atom stereocenters. The molecule has 1 N–H and O–H groups in total. The first-order chi connectivity index (χ1) is 7.04. The minimum atomic E-state index is -0.978. The first-order valence-electron chi connectivity index (χ1n) is 4.47. The van der Waals surface area contributed by atoms with Gasteiger partial charge in [0.05, 0.1) is 5.02 Å². The Balaban J connectivity index is 2.81. The molecule has 0 spiro atoms. The van der Waals surface area contributed by atoms with Crippen molar-refractivity contribution in [3.05, 3.63) is 39.9 Å². The molecule has 0 aromatic heterocycles. The lowest BCUT2D eigenvalue weighted by molar-refractivity contribution is 0.0147. The molecule has 82 valence electrons. The lowest BCUT2D eigenvalue weighted by Crippen LogP contribution is -2.16. The van der Waals surface area contributed by atoms with Gasteiger partial charge in [-0.1, -0.05) is 29.3 Å². The van der Waals surface area contributed by atoms with Crippen LogP contribution in [0.25, 0.3) is 0 Å². The first-order valence-corrected chi connectivity index (χ1v) is 5.22. The van der Waals surface area contributed by atoms with E-state index < -0.39 is 6.29 Å². The number of aliphatic hydroxyl groups excluding tert-OH is 1. The van der Waals surface area contributed by atoms with Gasteiger partial charge >= 0.3 is 0 Å². The highest BCUT2D eigenvalue weighted by Crippen LogP contribution is 2.28. The smallest absolute Gasteiger partial charge is 0.220 e. The van der Waals surface area contributed by atoms with Gasteiger partial charge in [-0.25, -0.2) is 0 Å². The van der Waals surface area contributed by atoms with E-state index in [2.05, 4.69) is 0 Å². The Morgan fingerprint density at radius 2 is 2.13 bits per heavy atom. The zero-order valence-electron chi connectivity index (χ0n) is 8.50. The van der Waals surface area contributed by atoms with Crippen LogP contribution >= 0.6 is 23.2 Å². The summed E-state index contributed by atoms with van der Waals surface area (Å²) in [7, 11) is 0. The molecule has 0 amide bonds. The molecular weight excluding hydrogens is 235 g/mol. The van der Waals surface area contributed by atoms with Crippen LogP contribution in [0.1, 0.15) is 13.8 Å². The largest absolute Gasteiger partial charge is 0.460 e. The second kappa shape index (κ2) is 5.40. The van der Waals surface area contributed by atoms with Gasteiger partial charge in [-0.15, -0.1) is 0 Å². The summed E-state index contributed by atoms with van der Waals surface area (Å²) in [6.45, 7) is 3.60. The number of hydrogen-bond donors (Lipinski definition) is 1. The number of rotatable bonds is 3. The molecule has 0 bridgehead atoms. The van der Waals surface area contributed by atoms with Gasteiger partial charge in [-0.2, -0.15) is 0 Å². The standard InChI is InChI=1S/C11H12Cl2O2/c1-3-7(2)11(14)15-10-5-4-8(12)6-9(10)13/h3-6,11,14H,1-2H3/b7-3+. The van der Waals surface area contributed by atoms with Gasteiger partial charge in [0.25, 0.3) is 0 Å². The predicted molar refractivity (Wildman–Crippen MR) is 62.5 cm³/mol. The van der Waals surface area contributed by atoms with Gasteiger partial charge in [0.15, 0.2) is 0 Å². The predicted octanol–water partition coefficient (Wildman–Crippen LogP) is 3.66. The minimum Gasteiger partial charge on any atom is -0.460 e. The summed E-state index contributed by atoms with van der Waals surface area (Å²) in [5.41, 5.74) is 0.723. The molecule has 1 rings (SSSR count). The number of ether oxygens (including phenoxy) is 1. The van der Waals surface area contributed by atoms with Crippen LogP contribution in [0, 0.1) is 0 Å². The lowest BCUT2D eigenvalue weighted by Gasteiger charge is -2.14. The molecule has 0 saturated carbocycles. The quantitative estimate of drug-likeness (QED) is 0.652. The SMILES string of the molecule is C/C=C(\C)C(O)Oc1ccc(Cl)cc1Cl. The van der Waals surface area contributed by atoms with Crippen molar-refractivity contribution in [1.29, 1.82) is 0 Å². The molecule has 0 saturated heterocycles. The van der Waals surface area contributed by atoms with Crippen LogP contribution in [0.5, 0.6) is 5.75 Å². The van der Waals surface area contributed by atoms with Crippen LogP contribution in [-0.2, 0) is 0 Å². The van der Waals surface area contributed by atoms with Crippen LogP contribution in [0.4, 0.5) is 0 Å². The molecule has 2 nitrogen and oxygen atoms in total. The fraction of sp³-hybridized carbons (Fsp3) is 0.273. The van der Waals surface area contributed by atoms with Gasteiger partial charge in [-0.05, 0) is 37.6 Å². The van der Waals surface area contributed by atoms with E-state index in [1.807, 2.05) is 6.92 Å². The van der Waals surface area contributed by atoms with Gasteiger partial charge < -0.3 is 9.84 Å². The zero-order valence-corrected chi connectivity index (χ0v) is 10.0. The van der Waals surface area contributed by atoms with E-state index in [1.165, 1.54) is 0 Å². The zero-order chi connectivity index (χ0) is 11.4. The fourth-order valence-electron chi connectivity index (χ4n) is 0.927. The fourth-order valence-corrected chi connectivity index (χ4v) is 1.38. The van der Waals surface area contributed by atoms with Crippen LogP contribution < -0.4 is 4.74 Å². The summed E-state index contributed by atoms with van der Waals surface area (Å²) in [5, 5.41) is 10.5. The first kappa shape index (κ1) is 12.4. The number of allylic oxidation sites excluding steroid dienone is 1. The summed E-state index contributed by atoms with van der Waals surface area (Å²) in [6.07, 6.45) is 0.794. The molecule has 1 atom stereocenters. The van der Waals surface area contributed by atoms with Crippen molar-refractivity contribution in [3.63, 3.8) is 0 Å². The van der Waals surface area contributed by atoms with E-state index in [9.17, 15) is 5.11 Å². The summed E-state index contributed by atoms with van der Waals surface area (Å²) in [5.74, 6) is 0.412. The Bertz CT molecular complexity index is 375. The van der Waals surface area contributed by atoms with Gasteiger partial charge in [0, 0.05) is 5.02 Å². The number of hydrogen-bond acceptors (Lipinski definition) is 2. The summed E-state index contributed by atoms with van der Waals surface area (Å²) >= 11 is 11.6. The van der Waals surface area contributed by atoms with E-state index >= 15 is 0 Å². The average Bonchev–Trinajstić information content (AvgIpc) is 2.20. The van der Waals surface area contributed by atoms with Gasteiger partial charge in [0.2, 0.25) is 6.29 Å². The number of aliphatic hydroxyl groups is 1. The Kier molecular flexibility index (Phi) is 4.45. The maximum Gasteiger partial charge on any atom is 0.220 e. The van der Waals surface area contributed by atoms with E-state index in [4.69, 9.17) is 27.9 Å². The molecule has 15 heavy (non-hydrogen) atoms.